The molecule has 0 aliphatic carbocycles. The van der Waals surface area contributed by atoms with Gasteiger partial charge in [-0.3, -0.25) is 9.59 Å². The zero-order valence-corrected chi connectivity index (χ0v) is 18.3. The fourth-order valence-electron chi connectivity index (χ4n) is 4.32. The average molecular weight is 431 g/mol. The second-order valence-electron chi connectivity index (χ2n) is 8.03. The van der Waals surface area contributed by atoms with Crippen molar-refractivity contribution in [1.82, 2.24) is 10.2 Å². The van der Waals surface area contributed by atoms with E-state index in [0.717, 1.165) is 24.9 Å². The summed E-state index contributed by atoms with van der Waals surface area (Å²) in [7, 11) is 0. The standard InChI is InChI=1S/C24H34N2O5/c1-2-30-24-19(11-7-16-27)20(18-9-4-3-5-10-18)17-21(31-24)23(29)25-13-8-15-26-14-6-12-22(26)28/h3-5,9-10,17,19-20,24,27H,2,6-8,11-16H2,1H3,(H,25,29)/t19-,20-,24-/m0/s1. The van der Waals surface area contributed by atoms with Crippen LogP contribution < -0.4 is 5.32 Å². The van der Waals surface area contributed by atoms with E-state index in [2.05, 4.69) is 5.32 Å². The summed E-state index contributed by atoms with van der Waals surface area (Å²) in [6.45, 7) is 4.43. The Kier molecular flexibility index (Phi) is 8.91. The SMILES string of the molecule is CCO[C@H]1OC(C(=O)NCCCN2CCCC2=O)=C[C@@H](c2ccccc2)[C@@H]1CCCO. The van der Waals surface area contributed by atoms with Gasteiger partial charge in [0, 0.05) is 51.1 Å². The molecular formula is C24H34N2O5. The van der Waals surface area contributed by atoms with Crippen molar-refractivity contribution in [3.63, 3.8) is 0 Å². The van der Waals surface area contributed by atoms with Gasteiger partial charge in [0.2, 0.25) is 12.2 Å². The van der Waals surface area contributed by atoms with Crippen LogP contribution in [0, 0.1) is 5.92 Å². The molecule has 31 heavy (non-hydrogen) atoms. The number of allylic oxidation sites excluding steroid dienone is 1. The molecule has 0 unspecified atom stereocenters. The first-order valence-corrected chi connectivity index (χ1v) is 11.4. The number of carbonyl (C=O) groups is 2. The zero-order valence-electron chi connectivity index (χ0n) is 18.3. The number of aliphatic hydroxyl groups is 1. The molecule has 7 heteroatoms. The smallest absolute Gasteiger partial charge is 0.286 e. The minimum atomic E-state index is -0.547. The Balaban J connectivity index is 1.67. The van der Waals surface area contributed by atoms with Crippen molar-refractivity contribution in [2.75, 3.05) is 32.8 Å². The molecule has 0 radical (unpaired) electrons. The van der Waals surface area contributed by atoms with Gasteiger partial charge >= 0.3 is 0 Å². The van der Waals surface area contributed by atoms with Gasteiger partial charge in [0.25, 0.3) is 5.91 Å². The minimum Gasteiger partial charge on any atom is -0.459 e. The van der Waals surface area contributed by atoms with E-state index in [1.807, 2.05) is 48.2 Å². The van der Waals surface area contributed by atoms with E-state index in [0.29, 0.717) is 39.0 Å². The highest BCUT2D eigenvalue weighted by Crippen LogP contribution is 2.39. The third-order valence-electron chi connectivity index (χ3n) is 5.88. The first kappa shape index (κ1) is 23.3. The van der Waals surface area contributed by atoms with Crippen LogP contribution in [0.1, 0.15) is 50.5 Å². The van der Waals surface area contributed by atoms with Crippen LogP contribution in [0.4, 0.5) is 0 Å². The number of nitrogens with one attached hydrogen (secondary N) is 1. The number of carbonyl (C=O) groups excluding carboxylic acids is 2. The molecule has 2 amide bonds. The number of rotatable bonds is 11. The number of hydrogen-bond acceptors (Lipinski definition) is 5. The van der Waals surface area contributed by atoms with E-state index in [4.69, 9.17) is 9.47 Å². The van der Waals surface area contributed by atoms with Crippen molar-refractivity contribution in [3.05, 3.63) is 47.7 Å². The molecule has 0 saturated carbocycles. The highest BCUT2D eigenvalue weighted by Gasteiger charge is 2.37. The second-order valence-corrected chi connectivity index (χ2v) is 8.03. The Morgan fingerprint density at radius 1 is 1.29 bits per heavy atom. The van der Waals surface area contributed by atoms with Crippen LogP contribution in [0.5, 0.6) is 0 Å². The Labute approximate surface area is 184 Å². The van der Waals surface area contributed by atoms with Crippen molar-refractivity contribution >= 4 is 11.8 Å². The number of benzene rings is 1. The van der Waals surface area contributed by atoms with Crippen molar-refractivity contribution in [2.45, 2.75) is 51.2 Å². The van der Waals surface area contributed by atoms with Crippen LogP contribution in [-0.4, -0.2) is 61.0 Å². The van der Waals surface area contributed by atoms with Gasteiger partial charge in [-0.05, 0) is 44.2 Å². The maximum Gasteiger partial charge on any atom is 0.286 e. The van der Waals surface area contributed by atoms with Crippen LogP contribution in [0.25, 0.3) is 0 Å². The Bertz CT molecular complexity index is 752. The molecule has 0 spiro atoms. The molecule has 2 heterocycles. The number of amides is 2. The molecule has 1 fully saturated rings. The topological polar surface area (TPSA) is 88.1 Å². The highest BCUT2D eigenvalue weighted by molar-refractivity contribution is 5.91. The number of ether oxygens (including phenoxy) is 2. The summed E-state index contributed by atoms with van der Waals surface area (Å²) < 4.78 is 11.8. The molecule has 3 atom stereocenters. The van der Waals surface area contributed by atoms with E-state index in [9.17, 15) is 14.7 Å². The molecule has 2 N–H and O–H groups in total. The lowest BCUT2D eigenvalue weighted by atomic mass is 9.80. The van der Waals surface area contributed by atoms with Gasteiger partial charge < -0.3 is 24.8 Å². The molecule has 7 nitrogen and oxygen atoms in total. The Morgan fingerprint density at radius 2 is 2.10 bits per heavy atom. The van der Waals surface area contributed by atoms with E-state index in [1.54, 1.807) is 0 Å². The number of nitrogens with zero attached hydrogens (tertiary/aromatic N) is 1. The second kappa shape index (κ2) is 11.9. The Morgan fingerprint density at radius 3 is 2.77 bits per heavy atom. The summed E-state index contributed by atoms with van der Waals surface area (Å²) in [5.74, 6) is 0.167. The summed E-state index contributed by atoms with van der Waals surface area (Å²) in [6, 6.07) is 10.0. The largest absolute Gasteiger partial charge is 0.459 e. The molecule has 3 rings (SSSR count). The van der Waals surface area contributed by atoms with Crippen molar-refractivity contribution in [1.29, 1.82) is 0 Å². The van der Waals surface area contributed by atoms with Crippen LogP contribution in [0.15, 0.2) is 42.2 Å². The lowest BCUT2D eigenvalue weighted by Gasteiger charge is -2.37. The summed E-state index contributed by atoms with van der Waals surface area (Å²) in [5.41, 5.74) is 1.09. The summed E-state index contributed by atoms with van der Waals surface area (Å²) in [5, 5.41) is 12.3. The van der Waals surface area contributed by atoms with Gasteiger partial charge in [0.05, 0.1) is 0 Å². The summed E-state index contributed by atoms with van der Waals surface area (Å²) in [6.07, 6.45) is 4.97. The van der Waals surface area contributed by atoms with Crippen LogP contribution in [0.2, 0.25) is 0 Å². The van der Waals surface area contributed by atoms with Crippen molar-refractivity contribution in [3.8, 4) is 0 Å². The zero-order chi connectivity index (χ0) is 22.1. The number of hydrogen-bond donors (Lipinski definition) is 2. The Hall–Kier alpha value is -2.38. The average Bonchev–Trinajstić information content (AvgIpc) is 3.20. The summed E-state index contributed by atoms with van der Waals surface area (Å²) in [4.78, 5) is 26.4. The van der Waals surface area contributed by atoms with E-state index in [-0.39, 0.29) is 36.0 Å². The molecule has 0 bridgehead atoms. The summed E-state index contributed by atoms with van der Waals surface area (Å²) >= 11 is 0. The molecule has 2 aliphatic rings. The minimum absolute atomic E-state index is 0.00669. The lowest BCUT2D eigenvalue weighted by molar-refractivity contribution is -0.166. The normalized spacial score (nSPS) is 23.4. The number of likely N-dealkylation sites (tertiary alicyclic amines) is 1. The first-order valence-electron chi connectivity index (χ1n) is 11.4. The predicted octanol–water partition coefficient (Wildman–Crippen LogP) is 2.56. The maximum absolute atomic E-state index is 12.8. The molecule has 1 aromatic rings. The van der Waals surface area contributed by atoms with E-state index in [1.165, 1.54) is 0 Å². The monoisotopic (exact) mass is 430 g/mol. The molecule has 170 valence electrons. The van der Waals surface area contributed by atoms with Gasteiger partial charge in [-0.1, -0.05) is 30.3 Å². The lowest BCUT2D eigenvalue weighted by Crippen LogP contribution is -2.39. The first-order chi connectivity index (χ1) is 15.1. The fraction of sp³-hybridized carbons (Fsp3) is 0.583. The van der Waals surface area contributed by atoms with Gasteiger partial charge in [0.1, 0.15) is 0 Å². The van der Waals surface area contributed by atoms with Gasteiger partial charge in [-0.2, -0.15) is 0 Å². The van der Waals surface area contributed by atoms with E-state index >= 15 is 0 Å². The van der Waals surface area contributed by atoms with Crippen molar-refractivity contribution in [2.24, 2.45) is 5.92 Å². The third-order valence-corrected chi connectivity index (χ3v) is 5.88. The van der Waals surface area contributed by atoms with Gasteiger partial charge in [-0.25, -0.2) is 0 Å². The molecule has 2 aliphatic heterocycles. The van der Waals surface area contributed by atoms with Crippen LogP contribution >= 0.6 is 0 Å². The number of aliphatic hydroxyl groups excluding tert-OH is 1. The highest BCUT2D eigenvalue weighted by atomic mass is 16.7. The quantitative estimate of drug-likeness (QED) is 0.527. The molecular weight excluding hydrogens is 396 g/mol. The molecule has 1 aromatic carbocycles. The molecule has 0 aromatic heterocycles. The van der Waals surface area contributed by atoms with Gasteiger partial charge in [0.15, 0.2) is 5.76 Å². The van der Waals surface area contributed by atoms with Gasteiger partial charge in [-0.15, -0.1) is 0 Å². The molecule has 1 saturated heterocycles. The maximum atomic E-state index is 12.8. The van der Waals surface area contributed by atoms with E-state index < -0.39 is 6.29 Å². The predicted molar refractivity (Wildman–Crippen MR) is 117 cm³/mol. The van der Waals surface area contributed by atoms with Crippen LogP contribution in [-0.2, 0) is 19.1 Å². The third kappa shape index (κ3) is 6.31. The van der Waals surface area contributed by atoms with Crippen LogP contribution in [0.3, 0.4) is 0 Å². The fourth-order valence-corrected chi connectivity index (χ4v) is 4.32. The van der Waals surface area contributed by atoms with Crippen molar-refractivity contribution < 1.29 is 24.2 Å².